The minimum Gasteiger partial charge on any atom is -0.258 e. The minimum absolute atomic E-state index is 0.624. The van der Waals surface area contributed by atoms with Gasteiger partial charge in [-0.15, -0.1) is 0 Å². The second kappa shape index (κ2) is 3.10. The van der Waals surface area contributed by atoms with Crippen LogP contribution in [0.25, 0.3) is 0 Å². The zero-order chi connectivity index (χ0) is 7.56. The Morgan fingerprint density at radius 1 is 1.30 bits per heavy atom. The van der Waals surface area contributed by atoms with Crippen molar-refractivity contribution in [3.8, 4) is 0 Å². The Balaban J connectivity index is 3.09. The van der Waals surface area contributed by atoms with Crippen LogP contribution in [0.5, 0.6) is 0 Å². The average molecular weight is 178 g/mol. The van der Waals surface area contributed by atoms with Gasteiger partial charge in [-0.2, -0.15) is 0 Å². The van der Waals surface area contributed by atoms with E-state index in [2.05, 4.69) is 11.3 Å². The van der Waals surface area contributed by atoms with Gasteiger partial charge in [-0.3, -0.25) is 5.84 Å². The zero-order valence-electron chi connectivity index (χ0n) is 5.20. The van der Waals surface area contributed by atoms with E-state index in [4.69, 9.17) is 23.2 Å². The van der Waals surface area contributed by atoms with E-state index < -0.39 is 0 Å². The molecule has 1 aromatic carbocycles. The first-order valence-electron chi connectivity index (χ1n) is 2.72. The van der Waals surface area contributed by atoms with Crippen molar-refractivity contribution in [2.24, 2.45) is 0 Å². The third-order valence-electron chi connectivity index (χ3n) is 1.12. The summed E-state index contributed by atoms with van der Waals surface area (Å²) >= 11 is 11.4. The Morgan fingerprint density at radius 2 is 2.00 bits per heavy atom. The summed E-state index contributed by atoms with van der Waals surface area (Å²) in [4.78, 5) is 0. The Hall–Kier alpha value is -0.440. The van der Waals surface area contributed by atoms with Crippen LogP contribution in [0.1, 0.15) is 0 Å². The molecule has 0 aliphatic rings. The molecule has 10 heavy (non-hydrogen) atoms. The van der Waals surface area contributed by atoms with E-state index in [0.29, 0.717) is 10.0 Å². The first-order valence-corrected chi connectivity index (χ1v) is 3.48. The number of hydrogen-bond donors (Lipinski definition) is 2. The van der Waals surface area contributed by atoms with Crippen LogP contribution in [0.15, 0.2) is 18.2 Å². The summed E-state index contributed by atoms with van der Waals surface area (Å²) in [5, 5.41) is 1.27. The van der Waals surface area contributed by atoms with E-state index in [1.807, 2.05) is 0 Å². The molecular formula is C6H7Cl2N2+. The fraction of sp³-hybridized carbons (Fsp3) is 0. The highest BCUT2D eigenvalue weighted by atomic mass is 35.5. The van der Waals surface area contributed by atoms with Gasteiger partial charge < -0.3 is 0 Å². The standard InChI is InChI=1S/C6H6Cl2N2/c7-4-1-2-5(8)6(3-4)10-9/h1-3,10H,9H2/p+1. The molecule has 2 nitrogen and oxygen atoms in total. The smallest absolute Gasteiger partial charge is 0.105 e. The third kappa shape index (κ3) is 1.53. The molecule has 1 rings (SSSR count). The highest BCUT2D eigenvalue weighted by molar-refractivity contribution is 6.35. The lowest BCUT2D eigenvalue weighted by atomic mass is 10.3. The van der Waals surface area contributed by atoms with Crippen molar-refractivity contribution in [2.45, 2.75) is 0 Å². The molecule has 0 spiro atoms. The van der Waals surface area contributed by atoms with Crippen molar-refractivity contribution in [3.63, 3.8) is 0 Å². The summed E-state index contributed by atoms with van der Waals surface area (Å²) in [5.74, 6) is 3.46. The van der Waals surface area contributed by atoms with Crippen LogP contribution >= 0.6 is 23.2 Å². The van der Waals surface area contributed by atoms with Crippen molar-refractivity contribution >= 4 is 28.9 Å². The molecule has 0 saturated heterocycles. The third-order valence-corrected chi connectivity index (χ3v) is 1.68. The first-order chi connectivity index (χ1) is 4.74. The lowest BCUT2D eigenvalue weighted by Crippen LogP contribution is -2.56. The van der Waals surface area contributed by atoms with Crippen LogP contribution in [-0.4, -0.2) is 0 Å². The van der Waals surface area contributed by atoms with Gasteiger partial charge in [-0.1, -0.05) is 23.2 Å². The van der Waals surface area contributed by atoms with Gasteiger partial charge in [0.05, 0.1) is 5.02 Å². The molecular weight excluding hydrogens is 171 g/mol. The monoisotopic (exact) mass is 177 g/mol. The van der Waals surface area contributed by atoms with Gasteiger partial charge in [0.2, 0.25) is 0 Å². The maximum atomic E-state index is 5.74. The van der Waals surface area contributed by atoms with Gasteiger partial charge in [0.1, 0.15) is 5.69 Å². The van der Waals surface area contributed by atoms with E-state index in [1.165, 1.54) is 0 Å². The number of benzene rings is 1. The van der Waals surface area contributed by atoms with Crippen LogP contribution in [-0.2, 0) is 0 Å². The van der Waals surface area contributed by atoms with E-state index in [1.54, 1.807) is 18.2 Å². The van der Waals surface area contributed by atoms with Gasteiger partial charge in [-0.05, 0) is 18.2 Å². The lowest BCUT2D eigenvalue weighted by molar-refractivity contribution is -0.325. The highest BCUT2D eigenvalue weighted by Gasteiger charge is 1.98. The molecule has 0 aliphatic carbocycles. The predicted molar refractivity (Wildman–Crippen MR) is 43.0 cm³/mol. The Bertz CT molecular complexity index is 237. The number of nitrogens with one attached hydrogen (secondary N) is 1. The predicted octanol–water partition coefficient (Wildman–Crippen LogP) is 1.56. The molecule has 0 radical (unpaired) electrons. The second-order valence-electron chi connectivity index (χ2n) is 1.80. The number of anilines is 1. The SMILES string of the molecule is [NH3+]Nc1cc(Cl)ccc1Cl. The van der Waals surface area contributed by atoms with Crippen molar-refractivity contribution in [3.05, 3.63) is 28.2 Å². The van der Waals surface area contributed by atoms with Gasteiger partial charge in [0.15, 0.2) is 0 Å². The van der Waals surface area contributed by atoms with Crippen molar-refractivity contribution < 1.29 is 5.84 Å². The van der Waals surface area contributed by atoms with Crippen LogP contribution in [0.3, 0.4) is 0 Å². The fourth-order valence-electron chi connectivity index (χ4n) is 0.633. The number of rotatable bonds is 1. The first kappa shape index (κ1) is 7.66. The van der Waals surface area contributed by atoms with Crippen LogP contribution < -0.4 is 11.3 Å². The van der Waals surface area contributed by atoms with Crippen molar-refractivity contribution in [1.82, 2.24) is 0 Å². The van der Waals surface area contributed by atoms with Gasteiger partial charge in [0.25, 0.3) is 0 Å². The van der Waals surface area contributed by atoms with Gasteiger partial charge in [-0.25, -0.2) is 5.43 Å². The second-order valence-corrected chi connectivity index (χ2v) is 2.64. The van der Waals surface area contributed by atoms with Crippen LogP contribution in [0.4, 0.5) is 5.69 Å². The number of quaternary nitrogens is 1. The van der Waals surface area contributed by atoms with E-state index in [-0.39, 0.29) is 0 Å². The summed E-state index contributed by atoms with van der Waals surface area (Å²) in [6.45, 7) is 0. The number of hydrogen-bond acceptors (Lipinski definition) is 1. The van der Waals surface area contributed by atoms with E-state index in [9.17, 15) is 0 Å². The van der Waals surface area contributed by atoms with E-state index >= 15 is 0 Å². The molecule has 0 heterocycles. The molecule has 0 unspecified atom stereocenters. The highest BCUT2D eigenvalue weighted by Crippen LogP contribution is 2.23. The van der Waals surface area contributed by atoms with Crippen molar-refractivity contribution in [1.29, 1.82) is 0 Å². The number of halogens is 2. The summed E-state index contributed by atoms with van der Waals surface area (Å²) in [6.07, 6.45) is 0. The molecule has 0 fully saturated rings. The maximum Gasteiger partial charge on any atom is 0.105 e. The largest absolute Gasteiger partial charge is 0.258 e. The van der Waals surface area contributed by atoms with E-state index in [0.717, 1.165) is 5.69 Å². The summed E-state index contributed by atoms with van der Waals surface area (Å²) < 4.78 is 0. The zero-order valence-corrected chi connectivity index (χ0v) is 6.71. The molecule has 0 aliphatic heterocycles. The Labute approximate surface area is 68.9 Å². The molecule has 0 saturated carbocycles. The summed E-state index contributed by atoms with van der Waals surface area (Å²) in [5.41, 5.74) is 3.41. The van der Waals surface area contributed by atoms with Gasteiger partial charge >= 0.3 is 0 Å². The van der Waals surface area contributed by atoms with Crippen LogP contribution in [0.2, 0.25) is 10.0 Å². The average Bonchev–Trinajstić information content (AvgIpc) is 1.94. The van der Waals surface area contributed by atoms with Crippen molar-refractivity contribution in [2.75, 3.05) is 5.43 Å². The van der Waals surface area contributed by atoms with Crippen LogP contribution in [0, 0.1) is 0 Å². The fourth-order valence-corrected chi connectivity index (χ4v) is 0.989. The van der Waals surface area contributed by atoms with Gasteiger partial charge in [0, 0.05) is 5.02 Å². The normalized spacial score (nSPS) is 9.50. The summed E-state index contributed by atoms with van der Waals surface area (Å²) in [6, 6.07) is 5.17. The quantitative estimate of drug-likeness (QED) is 0.629. The topological polar surface area (TPSA) is 39.7 Å². The molecule has 0 aromatic heterocycles. The molecule has 0 amide bonds. The molecule has 0 atom stereocenters. The summed E-state index contributed by atoms with van der Waals surface area (Å²) in [7, 11) is 0. The molecule has 0 bridgehead atoms. The minimum atomic E-state index is 0.624. The molecule has 4 heteroatoms. The Morgan fingerprint density at radius 3 is 2.50 bits per heavy atom. The lowest BCUT2D eigenvalue weighted by Gasteiger charge is -1.99. The molecule has 1 aromatic rings. The molecule has 4 N–H and O–H groups in total. The maximum absolute atomic E-state index is 5.74. The Kier molecular flexibility index (Phi) is 2.38. The molecule has 54 valence electrons.